The number of carbonyl (C=O) groups excluding carboxylic acids is 2. The molecule has 2 aromatic rings. The molecule has 1 heterocycles. The van der Waals surface area contributed by atoms with Gasteiger partial charge in [0.25, 0.3) is 11.8 Å². The van der Waals surface area contributed by atoms with Crippen LogP contribution in [0.2, 0.25) is 0 Å². The number of hydrogen-bond acceptors (Lipinski definition) is 6. The number of nitrogens with one attached hydrogen (secondary N) is 1. The molecule has 3 atom stereocenters. The number of hydrogen-bond donors (Lipinski definition) is 1. The van der Waals surface area contributed by atoms with Crippen LogP contribution in [-0.2, 0) is 27.9 Å². The van der Waals surface area contributed by atoms with Gasteiger partial charge in [0.2, 0.25) is 5.82 Å². The number of tetrazole rings is 1. The van der Waals surface area contributed by atoms with Crippen molar-refractivity contribution in [2.24, 2.45) is 13.0 Å². The monoisotopic (exact) mass is 438 g/mol. The molecule has 9 nitrogen and oxygen atoms in total. The lowest BCUT2D eigenvalue weighted by atomic mass is 9.85. The van der Waals surface area contributed by atoms with Gasteiger partial charge in [-0.1, -0.05) is 49.8 Å². The summed E-state index contributed by atoms with van der Waals surface area (Å²) in [6.07, 6.45) is 5.23. The number of carbonyl (C=O) groups is 2. The Kier molecular flexibility index (Phi) is 8.30. The molecule has 0 radical (unpaired) electrons. The van der Waals surface area contributed by atoms with Gasteiger partial charge in [-0.05, 0) is 23.6 Å². The van der Waals surface area contributed by atoms with Crippen LogP contribution < -0.4 is 5.32 Å². The zero-order valence-corrected chi connectivity index (χ0v) is 18.6. The topological polar surface area (TPSA) is 102 Å². The van der Waals surface area contributed by atoms with E-state index in [1.54, 1.807) is 14.2 Å². The zero-order chi connectivity index (χ0) is 22.9. The quantitative estimate of drug-likeness (QED) is 0.474. The van der Waals surface area contributed by atoms with Crippen molar-refractivity contribution in [1.29, 1.82) is 0 Å². The molecule has 1 aromatic heterocycles. The molecule has 1 aromatic carbocycles. The molecule has 32 heavy (non-hydrogen) atoms. The third-order valence-corrected chi connectivity index (χ3v) is 5.72. The number of ether oxygens (including phenoxy) is 1. The second kappa shape index (κ2) is 11.4. The van der Waals surface area contributed by atoms with Crippen molar-refractivity contribution in [3.63, 3.8) is 0 Å². The minimum Gasteiger partial charge on any atom is -0.381 e. The number of nitrogens with zero attached hydrogens (tertiary/aromatic N) is 5. The minimum absolute atomic E-state index is 0.0228. The standard InChI is InChI=1S/C23H30N6O3/c1-4-10-20(30)29(16-18-13-8-9-14-19(18)32-3)21(22-25-27-28(2)26-22)23(31)24-15-17-11-6-5-7-12-17/h5-7,10-12,18-19,21H,1,8-9,13-16H2,2-3H3,(H,24,31)/t18-,19+,21?/m0/s1. The van der Waals surface area contributed by atoms with Crippen molar-refractivity contribution in [3.05, 3.63) is 60.1 Å². The van der Waals surface area contributed by atoms with Crippen LogP contribution in [0.1, 0.15) is 43.1 Å². The molecular formula is C23H30N6O3. The summed E-state index contributed by atoms with van der Waals surface area (Å²) in [6, 6.07) is 8.53. The van der Waals surface area contributed by atoms with Crippen LogP contribution in [0.3, 0.4) is 0 Å². The minimum atomic E-state index is -1.04. The molecule has 1 aliphatic carbocycles. The Morgan fingerprint density at radius 3 is 2.75 bits per heavy atom. The lowest BCUT2D eigenvalue weighted by Gasteiger charge is -2.36. The largest absolute Gasteiger partial charge is 0.381 e. The van der Waals surface area contributed by atoms with Gasteiger partial charge >= 0.3 is 0 Å². The summed E-state index contributed by atoms with van der Waals surface area (Å²) in [5.74, 6) is -0.504. The van der Waals surface area contributed by atoms with E-state index in [2.05, 4.69) is 33.0 Å². The van der Waals surface area contributed by atoms with Crippen molar-refractivity contribution in [2.75, 3.05) is 13.7 Å². The van der Waals surface area contributed by atoms with Crippen LogP contribution in [0.15, 0.2) is 48.7 Å². The molecule has 0 saturated heterocycles. The third-order valence-electron chi connectivity index (χ3n) is 5.72. The van der Waals surface area contributed by atoms with Crippen LogP contribution in [0.25, 0.3) is 0 Å². The third kappa shape index (κ3) is 5.90. The van der Waals surface area contributed by atoms with Gasteiger partial charge in [0, 0.05) is 32.2 Å². The van der Waals surface area contributed by atoms with Crippen molar-refractivity contribution < 1.29 is 14.3 Å². The van der Waals surface area contributed by atoms with Crippen LogP contribution in [0.4, 0.5) is 0 Å². The van der Waals surface area contributed by atoms with E-state index in [0.717, 1.165) is 31.2 Å². The molecule has 1 N–H and O–H groups in total. The Bertz CT molecular complexity index is 954. The highest BCUT2D eigenvalue weighted by Gasteiger charge is 2.37. The van der Waals surface area contributed by atoms with E-state index in [1.165, 1.54) is 15.8 Å². The molecule has 3 rings (SSSR count). The van der Waals surface area contributed by atoms with Crippen LogP contribution >= 0.6 is 0 Å². The first-order valence-electron chi connectivity index (χ1n) is 10.8. The predicted octanol–water partition coefficient (Wildman–Crippen LogP) is 1.94. The van der Waals surface area contributed by atoms with E-state index in [9.17, 15) is 9.59 Å². The Morgan fingerprint density at radius 2 is 2.09 bits per heavy atom. The summed E-state index contributed by atoms with van der Waals surface area (Å²) in [5.41, 5.74) is 3.47. The van der Waals surface area contributed by atoms with Gasteiger partial charge in [-0.2, -0.15) is 4.80 Å². The first-order chi connectivity index (χ1) is 15.5. The number of aromatic nitrogens is 4. The van der Waals surface area contributed by atoms with E-state index < -0.39 is 6.04 Å². The second-order valence-electron chi connectivity index (χ2n) is 7.90. The number of amides is 2. The van der Waals surface area contributed by atoms with Crippen molar-refractivity contribution in [1.82, 2.24) is 30.4 Å². The highest BCUT2D eigenvalue weighted by molar-refractivity contribution is 5.93. The number of benzene rings is 1. The average Bonchev–Trinajstić information content (AvgIpc) is 3.24. The van der Waals surface area contributed by atoms with E-state index in [0.29, 0.717) is 13.1 Å². The first-order valence-corrected chi connectivity index (χ1v) is 10.8. The van der Waals surface area contributed by atoms with Crippen molar-refractivity contribution >= 4 is 11.8 Å². The summed E-state index contributed by atoms with van der Waals surface area (Å²) in [5, 5.41) is 15.1. The second-order valence-corrected chi connectivity index (χ2v) is 7.90. The molecule has 170 valence electrons. The Balaban J connectivity index is 1.90. The van der Waals surface area contributed by atoms with Crippen LogP contribution in [0, 0.1) is 5.92 Å². The molecule has 0 aliphatic heterocycles. The van der Waals surface area contributed by atoms with Crippen LogP contribution in [-0.4, -0.2) is 56.7 Å². The van der Waals surface area contributed by atoms with Gasteiger partial charge < -0.3 is 15.0 Å². The van der Waals surface area contributed by atoms with E-state index >= 15 is 0 Å². The van der Waals surface area contributed by atoms with Gasteiger partial charge in [-0.25, -0.2) is 0 Å². The van der Waals surface area contributed by atoms with E-state index in [4.69, 9.17) is 4.74 Å². The summed E-state index contributed by atoms with van der Waals surface area (Å²) in [6.45, 7) is 4.17. The van der Waals surface area contributed by atoms with E-state index in [1.807, 2.05) is 30.3 Å². The van der Waals surface area contributed by atoms with Gasteiger partial charge in [-0.15, -0.1) is 15.9 Å². The smallest absolute Gasteiger partial charge is 0.255 e. The molecule has 9 heteroatoms. The molecule has 1 saturated carbocycles. The Morgan fingerprint density at radius 1 is 1.34 bits per heavy atom. The van der Waals surface area contributed by atoms with Gasteiger partial charge in [-0.3, -0.25) is 9.59 Å². The lowest BCUT2D eigenvalue weighted by molar-refractivity contribution is -0.139. The Labute approximate surface area is 188 Å². The average molecular weight is 439 g/mol. The highest BCUT2D eigenvalue weighted by atomic mass is 16.5. The SMILES string of the molecule is C=C=CC(=O)N(C[C@@H]1CCCC[C@H]1OC)C(C(=O)NCc1ccccc1)c1nnn(C)n1. The summed E-state index contributed by atoms with van der Waals surface area (Å²) < 4.78 is 5.68. The van der Waals surface area contributed by atoms with Gasteiger partial charge in [0.1, 0.15) is 0 Å². The molecule has 2 amide bonds. The number of methoxy groups -OCH3 is 1. The fourth-order valence-electron chi connectivity index (χ4n) is 4.13. The summed E-state index contributed by atoms with van der Waals surface area (Å²) in [4.78, 5) is 29.2. The summed E-state index contributed by atoms with van der Waals surface area (Å²) >= 11 is 0. The zero-order valence-electron chi connectivity index (χ0n) is 18.6. The number of aryl methyl sites for hydroxylation is 1. The van der Waals surface area contributed by atoms with Gasteiger partial charge in [0.05, 0.1) is 13.2 Å². The molecule has 1 aliphatic rings. The maximum atomic E-state index is 13.4. The van der Waals surface area contributed by atoms with Gasteiger partial charge in [0.15, 0.2) is 6.04 Å². The van der Waals surface area contributed by atoms with Crippen LogP contribution in [0.5, 0.6) is 0 Å². The van der Waals surface area contributed by atoms with Crippen molar-refractivity contribution in [2.45, 2.75) is 44.4 Å². The maximum absolute atomic E-state index is 13.4. The molecule has 1 fully saturated rings. The number of rotatable bonds is 9. The van der Waals surface area contributed by atoms with Crippen molar-refractivity contribution in [3.8, 4) is 0 Å². The molecular weight excluding hydrogens is 408 g/mol. The maximum Gasteiger partial charge on any atom is 0.255 e. The molecule has 0 bridgehead atoms. The predicted molar refractivity (Wildman–Crippen MR) is 118 cm³/mol. The fourth-order valence-corrected chi connectivity index (χ4v) is 4.13. The fraction of sp³-hybridized carbons (Fsp3) is 0.478. The normalized spacial score (nSPS) is 18.9. The molecule has 1 unspecified atom stereocenters. The highest BCUT2D eigenvalue weighted by Crippen LogP contribution is 2.30. The first kappa shape index (κ1) is 23.4. The molecule has 0 spiro atoms. The summed E-state index contributed by atoms with van der Waals surface area (Å²) in [7, 11) is 3.31. The Hall–Kier alpha value is -3.29. The van der Waals surface area contributed by atoms with E-state index in [-0.39, 0.29) is 29.7 Å². The lowest BCUT2D eigenvalue weighted by Crippen LogP contribution is -2.47.